The van der Waals surface area contributed by atoms with Crippen LogP contribution in [0.1, 0.15) is 16.7 Å². The number of aromatic nitrogens is 1. The van der Waals surface area contributed by atoms with Crippen molar-refractivity contribution >= 4 is 61.9 Å². The highest BCUT2D eigenvalue weighted by atomic mass is 15.1. The van der Waals surface area contributed by atoms with Crippen LogP contribution >= 0.6 is 0 Å². The van der Waals surface area contributed by atoms with Crippen LogP contribution in [0.2, 0.25) is 0 Å². The first-order valence-corrected chi connectivity index (χ1v) is 21.9. The number of nitrogens with zero attached hydrogens (tertiary/aromatic N) is 3. The van der Waals surface area contributed by atoms with Crippen LogP contribution in [0.15, 0.2) is 261 Å². The van der Waals surface area contributed by atoms with Crippen LogP contribution in [0.25, 0.3) is 44.4 Å². The Morgan fingerprint density at radius 1 is 0.415 bits per heavy atom. The highest BCUT2D eigenvalue weighted by Gasteiger charge is 2.19. The molecule has 10 rings (SSSR count). The molecule has 65 heavy (non-hydrogen) atoms. The summed E-state index contributed by atoms with van der Waals surface area (Å²) in [5, 5.41) is 0.986. The Labute approximate surface area is 381 Å². The van der Waals surface area contributed by atoms with Gasteiger partial charge >= 0.3 is 0 Å². The van der Waals surface area contributed by atoms with Crippen LogP contribution in [-0.2, 0) is 0 Å². The number of allylic oxidation sites excluding steroid dienone is 2. The van der Waals surface area contributed by atoms with Crippen molar-refractivity contribution in [2.24, 2.45) is 0 Å². The maximum Gasteiger partial charge on any atom is 0.0951 e. The van der Waals surface area contributed by atoms with Gasteiger partial charge in [-0.3, -0.25) is 0 Å². The van der Waals surface area contributed by atoms with Crippen molar-refractivity contribution in [1.29, 1.82) is 0 Å². The molecule has 4 nitrogen and oxygen atoms in total. The van der Waals surface area contributed by atoms with Crippen molar-refractivity contribution < 1.29 is 0 Å². The standard InChI is InChI=1S/C61H46N4/c1-44(45-32-36-53(37-33-45)64(49-24-12-4-13-25-49)50-26-14-5-15-27-50)42-57(46-20-8-2-9-21-46)55-40-41-56-58(47-22-10-3-11-23-47)43-59(63-61(56)60(55)62)48-34-38-54(39-35-48)65(51-28-16-6-17-29-51)52-30-18-7-19-31-52/h2-43H,1,62H2/b57-42-. The van der Waals surface area contributed by atoms with E-state index in [1.165, 1.54) is 0 Å². The fraction of sp³-hybridized carbons (Fsp3) is 0. The fourth-order valence-electron chi connectivity index (χ4n) is 8.55. The summed E-state index contributed by atoms with van der Waals surface area (Å²) in [5.74, 6) is 0. The van der Waals surface area contributed by atoms with Gasteiger partial charge in [-0.1, -0.05) is 176 Å². The monoisotopic (exact) mass is 834 g/mol. The molecule has 0 atom stereocenters. The van der Waals surface area contributed by atoms with E-state index in [1.54, 1.807) is 0 Å². The Morgan fingerprint density at radius 3 is 1.31 bits per heavy atom. The quantitative estimate of drug-likeness (QED) is 0.0984. The lowest BCUT2D eigenvalue weighted by Gasteiger charge is -2.25. The van der Waals surface area contributed by atoms with E-state index in [-0.39, 0.29) is 0 Å². The molecule has 0 amide bonds. The van der Waals surface area contributed by atoms with E-state index in [9.17, 15) is 0 Å². The summed E-state index contributed by atoms with van der Waals surface area (Å²) in [5.41, 5.74) is 24.0. The first-order chi connectivity index (χ1) is 32.1. The minimum Gasteiger partial charge on any atom is -0.396 e. The molecule has 0 fully saturated rings. The Balaban J connectivity index is 1.06. The molecule has 0 aliphatic heterocycles. The van der Waals surface area contributed by atoms with Crippen molar-refractivity contribution in [1.82, 2.24) is 4.98 Å². The lowest BCUT2D eigenvalue weighted by atomic mass is 9.90. The summed E-state index contributed by atoms with van der Waals surface area (Å²) in [6.45, 7) is 4.61. The summed E-state index contributed by atoms with van der Waals surface area (Å²) in [7, 11) is 0. The fourth-order valence-corrected chi connectivity index (χ4v) is 8.55. The van der Waals surface area contributed by atoms with Gasteiger partial charge in [0.25, 0.3) is 0 Å². The number of pyridine rings is 1. The molecule has 1 aromatic heterocycles. The molecule has 0 saturated carbocycles. The predicted molar refractivity (Wildman–Crippen MR) is 275 cm³/mol. The second-order valence-electron chi connectivity index (χ2n) is 15.9. The first-order valence-electron chi connectivity index (χ1n) is 21.9. The summed E-state index contributed by atoms with van der Waals surface area (Å²) in [6.07, 6.45) is 2.15. The third-order valence-corrected chi connectivity index (χ3v) is 11.8. The normalized spacial score (nSPS) is 11.3. The number of benzene rings is 9. The lowest BCUT2D eigenvalue weighted by Crippen LogP contribution is -2.09. The van der Waals surface area contributed by atoms with Gasteiger partial charge in [-0.15, -0.1) is 0 Å². The molecule has 0 spiro atoms. The zero-order valence-corrected chi connectivity index (χ0v) is 35.9. The average molecular weight is 835 g/mol. The SMILES string of the molecule is C=C(/C=C(/c1ccccc1)c1ccc2c(-c3ccccc3)cc(-c3ccc(N(c4ccccc4)c4ccccc4)cc3)nc2c1N)c1ccc(N(c2ccccc2)c2ccccc2)cc1. The summed E-state index contributed by atoms with van der Waals surface area (Å²) < 4.78 is 0. The second-order valence-corrected chi connectivity index (χ2v) is 15.9. The molecule has 9 aromatic carbocycles. The minimum atomic E-state index is 0.608. The van der Waals surface area contributed by atoms with Crippen molar-refractivity contribution in [3.63, 3.8) is 0 Å². The van der Waals surface area contributed by atoms with Crippen LogP contribution in [0, 0.1) is 0 Å². The van der Waals surface area contributed by atoms with Crippen molar-refractivity contribution in [2.75, 3.05) is 15.5 Å². The van der Waals surface area contributed by atoms with Crippen LogP contribution < -0.4 is 15.5 Å². The molecule has 0 aliphatic rings. The van der Waals surface area contributed by atoms with Gasteiger partial charge < -0.3 is 15.5 Å². The molecule has 0 saturated heterocycles. The molecule has 0 bridgehead atoms. The van der Waals surface area contributed by atoms with Crippen molar-refractivity contribution in [3.8, 4) is 22.4 Å². The zero-order valence-electron chi connectivity index (χ0n) is 35.9. The molecular weight excluding hydrogens is 789 g/mol. The Hall–Kier alpha value is -8.73. The summed E-state index contributed by atoms with van der Waals surface area (Å²) >= 11 is 0. The van der Waals surface area contributed by atoms with Crippen LogP contribution in [0.4, 0.5) is 39.8 Å². The summed E-state index contributed by atoms with van der Waals surface area (Å²) in [6, 6.07) is 86.4. The van der Waals surface area contributed by atoms with Crippen molar-refractivity contribution in [2.45, 2.75) is 0 Å². The van der Waals surface area contributed by atoms with Crippen LogP contribution in [0.3, 0.4) is 0 Å². The Kier molecular flexibility index (Phi) is 11.4. The maximum atomic E-state index is 7.38. The topological polar surface area (TPSA) is 45.4 Å². The highest BCUT2D eigenvalue weighted by molar-refractivity contribution is 6.07. The van der Waals surface area contributed by atoms with Gasteiger partial charge in [-0.2, -0.15) is 0 Å². The largest absolute Gasteiger partial charge is 0.396 e. The number of rotatable bonds is 12. The molecule has 0 aliphatic carbocycles. The van der Waals surface area contributed by atoms with Gasteiger partial charge in [0.15, 0.2) is 0 Å². The van der Waals surface area contributed by atoms with Gasteiger partial charge in [-0.05, 0) is 118 Å². The second kappa shape index (κ2) is 18.3. The number of hydrogen-bond donors (Lipinski definition) is 1. The van der Waals surface area contributed by atoms with E-state index >= 15 is 0 Å². The average Bonchev–Trinajstić information content (AvgIpc) is 3.38. The molecule has 1 heterocycles. The zero-order chi connectivity index (χ0) is 44.0. The Morgan fingerprint density at radius 2 is 0.831 bits per heavy atom. The number of para-hydroxylation sites is 4. The molecular formula is C61H46N4. The van der Waals surface area contributed by atoms with E-state index in [0.717, 1.165) is 95.2 Å². The maximum absolute atomic E-state index is 7.38. The molecule has 10 aromatic rings. The van der Waals surface area contributed by atoms with E-state index in [0.29, 0.717) is 5.69 Å². The van der Waals surface area contributed by atoms with Gasteiger partial charge in [0.05, 0.1) is 16.9 Å². The predicted octanol–water partition coefficient (Wildman–Crippen LogP) is 16.2. The smallest absolute Gasteiger partial charge is 0.0951 e. The Bertz CT molecular complexity index is 3150. The van der Waals surface area contributed by atoms with E-state index in [4.69, 9.17) is 10.7 Å². The third-order valence-electron chi connectivity index (χ3n) is 11.8. The third kappa shape index (κ3) is 8.45. The molecule has 310 valence electrons. The van der Waals surface area contributed by atoms with E-state index in [1.807, 2.05) is 36.4 Å². The molecule has 0 unspecified atom stereocenters. The number of fused-ring (bicyclic) bond motifs is 1. The van der Waals surface area contributed by atoms with Gasteiger partial charge in [0.2, 0.25) is 0 Å². The van der Waals surface area contributed by atoms with Crippen LogP contribution in [0.5, 0.6) is 0 Å². The molecule has 0 radical (unpaired) electrons. The number of hydrogen-bond acceptors (Lipinski definition) is 4. The molecule has 2 N–H and O–H groups in total. The van der Waals surface area contributed by atoms with E-state index < -0.39 is 0 Å². The minimum absolute atomic E-state index is 0.608. The van der Waals surface area contributed by atoms with Crippen LogP contribution in [-0.4, -0.2) is 4.98 Å². The number of nitrogen functional groups attached to an aromatic ring is 1. The van der Waals surface area contributed by atoms with Crippen molar-refractivity contribution in [3.05, 3.63) is 278 Å². The van der Waals surface area contributed by atoms with E-state index in [2.05, 4.69) is 235 Å². The molecule has 4 heteroatoms. The lowest BCUT2D eigenvalue weighted by molar-refractivity contribution is 1.28. The van der Waals surface area contributed by atoms with Gasteiger partial charge in [0.1, 0.15) is 0 Å². The summed E-state index contributed by atoms with van der Waals surface area (Å²) in [4.78, 5) is 9.91. The van der Waals surface area contributed by atoms with Gasteiger partial charge in [-0.25, -0.2) is 4.98 Å². The van der Waals surface area contributed by atoms with Gasteiger partial charge in [0, 0.05) is 50.6 Å². The number of nitrogens with two attached hydrogens (primary N) is 1. The number of anilines is 7. The highest BCUT2D eigenvalue weighted by Crippen LogP contribution is 2.41. The first kappa shape index (κ1) is 40.3.